The summed E-state index contributed by atoms with van der Waals surface area (Å²) >= 11 is 0. The quantitative estimate of drug-likeness (QED) is 0.616. The van der Waals surface area contributed by atoms with Gasteiger partial charge >= 0.3 is 0 Å². The van der Waals surface area contributed by atoms with Gasteiger partial charge in [0.2, 0.25) is 0 Å². The van der Waals surface area contributed by atoms with Crippen molar-refractivity contribution in [3.63, 3.8) is 0 Å². The van der Waals surface area contributed by atoms with Crippen LogP contribution in [0, 0.1) is 10.1 Å². The Kier molecular flexibility index (Phi) is 5.46. The molecule has 0 aromatic heterocycles. The minimum Gasteiger partial charge on any atom is -0.334 e. The van der Waals surface area contributed by atoms with Gasteiger partial charge in [0.15, 0.2) is 0 Å². The number of piperazine rings is 1. The van der Waals surface area contributed by atoms with E-state index in [1.807, 2.05) is 0 Å². The number of quaternary nitrogens is 1. The first-order valence-electron chi connectivity index (χ1n) is 8.71. The first-order valence-corrected chi connectivity index (χ1v) is 8.71. The van der Waals surface area contributed by atoms with Gasteiger partial charge in [-0.05, 0) is 24.3 Å². The van der Waals surface area contributed by atoms with Crippen molar-refractivity contribution >= 4 is 23.2 Å². The van der Waals surface area contributed by atoms with Crippen LogP contribution in [0.5, 0.6) is 0 Å². The Morgan fingerprint density at radius 1 is 1.07 bits per heavy atom. The molecule has 1 saturated heterocycles. The Labute approximate surface area is 156 Å². The van der Waals surface area contributed by atoms with Crippen molar-refractivity contribution in [1.29, 1.82) is 0 Å². The number of rotatable bonds is 4. The third kappa shape index (κ3) is 4.29. The van der Waals surface area contributed by atoms with Gasteiger partial charge in [-0.25, -0.2) is 0 Å². The SMILES string of the molecule is C[NH+]1CCN(C(=O)c2ccccc2NC(=O)c2ccc([N+](=O)[O-])cc2)CC1. The lowest BCUT2D eigenvalue weighted by atomic mass is 10.1. The second-order valence-corrected chi connectivity index (χ2v) is 6.55. The molecule has 0 unspecified atom stereocenters. The van der Waals surface area contributed by atoms with E-state index < -0.39 is 10.8 Å². The lowest BCUT2D eigenvalue weighted by Gasteiger charge is -2.30. The smallest absolute Gasteiger partial charge is 0.269 e. The Balaban J connectivity index is 1.76. The number of carbonyl (C=O) groups is 2. The normalized spacial score (nSPS) is 14.6. The molecule has 2 aromatic carbocycles. The number of benzene rings is 2. The Bertz CT molecular complexity index is 858. The molecule has 0 bridgehead atoms. The van der Waals surface area contributed by atoms with E-state index >= 15 is 0 Å². The van der Waals surface area contributed by atoms with Crippen molar-refractivity contribution in [2.75, 3.05) is 38.5 Å². The number of nitrogens with zero attached hydrogens (tertiary/aromatic N) is 2. The van der Waals surface area contributed by atoms with Crippen LogP contribution in [-0.2, 0) is 0 Å². The van der Waals surface area contributed by atoms with Gasteiger partial charge in [-0.3, -0.25) is 19.7 Å². The van der Waals surface area contributed by atoms with Crippen LogP contribution < -0.4 is 10.2 Å². The Morgan fingerprint density at radius 3 is 2.33 bits per heavy atom. The number of likely N-dealkylation sites (N-methyl/N-ethyl adjacent to an activating group) is 1. The van der Waals surface area contributed by atoms with Crippen molar-refractivity contribution < 1.29 is 19.4 Å². The number of nitro benzene ring substituents is 1. The summed E-state index contributed by atoms with van der Waals surface area (Å²) in [4.78, 5) is 38.7. The van der Waals surface area contributed by atoms with Crippen LogP contribution in [0.2, 0.25) is 0 Å². The zero-order chi connectivity index (χ0) is 19.4. The van der Waals surface area contributed by atoms with Gasteiger partial charge in [0, 0.05) is 17.7 Å². The van der Waals surface area contributed by atoms with Crippen molar-refractivity contribution in [2.45, 2.75) is 0 Å². The van der Waals surface area contributed by atoms with Crippen LogP contribution in [0.4, 0.5) is 11.4 Å². The van der Waals surface area contributed by atoms with E-state index in [0.29, 0.717) is 24.3 Å². The maximum Gasteiger partial charge on any atom is 0.269 e. The van der Waals surface area contributed by atoms with Gasteiger partial charge in [-0.2, -0.15) is 0 Å². The van der Waals surface area contributed by atoms with E-state index in [1.54, 1.807) is 29.2 Å². The molecule has 2 aromatic rings. The van der Waals surface area contributed by atoms with Crippen LogP contribution in [0.15, 0.2) is 48.5 Å². The van der Waals surface area contributed by atoms with Gasteiger partial charge in [0.25, 0.3) is 17.5 Å². The second kappa shape index (κ2) is 7.96. The number of amides is 2. The van der Waals surface area contributed by atoms with Crippen molar-refractivity contribution in [3.8, 4) is 0 Å². The third-order valence-corrected chi connectivity index (χ3v) is 4.65. The zero-order valence-corrected chi connectivity index (χ0v) is 15.0. The van der Waals surface area contributed by atoms with Crippen LogP contribution in [-0.4, -0.2) is 54.9 Å². The fraction of sp³-hybridized carbons (Fsp3) is 0.263. The average Bonchev–Trinajstić information content (AvgIpc) is 2.68. The van der Waals surface area contributed by atoms with Gasteiger partial charge in [-0.15, -0.1) is 0 Å². The molecule has 1 fully saturated rings. The van der Waals surface area contributed by atoms with Crippen LogP contribution in [0.3, 0.4) is 0 Å². The number of nitrogens with one attached hydrogen (secondary N) is 2. The summed E-state index contributed by atoms with van der Waals surface area (Å²) in [6, 6.07) is 12.2. The third-order valence-electron chi connectivity index (χ3n) is 4.65. The van der Waals surface area contributed by atoms with Crippen molar-refractivity contribution in [3.05, 3.63) is 69.8 Å². The maximum absolute atomic E-state index is 12.9. The summed E-state index contributed by atoms with van der Waals surface area (Å²) in [5, 5.41) is 13.5. The van der Waals surface area contributed by atoms with E-state index in [0.717, 1.165) is 13.1 Å². The molecule has 0 radical (unpaired) electrons. The lowest BCUT2D eigenvalue weighted by molar-refractivity contribution is -0.883. The molecular formula is C19H21N4O4+. The van der Waals surface area contributed by atoms with Gasteiger partial charge in [0.1, 0.15) is 0 Å². The van der Waals surface area contributed by atoms with E-state index in [4.69, 9.17) is 0 Å². The number of anilines is 1. The molecule has 1 aliphatic rings. The largest absolute Gasteiger partial charge is 0.334 e. The molecule has 140 valence electrons. The average molecular weight is 369 g/mol. The predicted octanol–water partition coefficient (Wildman–Crippen LogP) is 0.818. The molecule has 1 heterocycles. The first kappa shape index (κ1) is 18.5. The summed E-state index contributed by atoms with van der Waals surface area (Å²) in [7, 11) is 2.10. The van der Waals surface area contributed by atoms with Crippen LogP contribution in [0.1, 0.15) is 20.7 Å². The molecule has 0 saturated carbocycles. The van der Waals surface area contributed by atoms with E-state index in [9.17, 15) is 19.7 Å². The molecule has 8 heteroatoms. The monoisotopic (exact) mass is 369 g/mol. The molecule has 27 heavy (non-hydrogen) atoms. The summed E-state index contributed by atoms with van der Waals surface area (Å²) in [6.45, 7) is 3.14. The molecular weight excluding hydrogens is 348 g/mol. The van der Waals surface area contributed by atoms with Crippen LogP contribution >= 0.6 is 0 Å². The highest BCUT2D eigenvalue weighted by molar-refractivity contribution is 6.09. The maximum atomic E-state index is 12.9. The molecule has 8 nitrogen and oxygen atoms in total. The van der Waals surface area contributed by atoms with Crippen LogP contribution in [0.25, 0.3) is 0 Å². The molecule has 2 N–H and O–H groups in total. The van der Waals surface area contributed by atoms with Gasteiger partial charge in [-0.1, -0.05) is 12.1 Å². The van der Waals surface area contributed by atoms with E-state index in [1.165, 1.54) is 29.2 Å². The first-order chi connectivity index (χ1) is 13.0. The Hall–Kier alpha value is -3.26. The summed E-state index contributed by atoms with van der Waals surface area (Å²) in [5.74, 6) is -0.532. The number of para-hydroxylation sites is 1. The van der Waals surface area contributed by atoms with Gasteiger partial charge in [0.05, 0.1) is 49.4 Å². The Morgan fingerprint density at radius 2 is 1.70 bits per heavy atom. The highest BCUT2D eigenvalue weighted by atomic mass is 16.6. The highest BCUT2D eigenvalue weighted by Crippen LogP contribution is 2.19. The molecule has 0 atom stereocenters. The standard InChI is InChI=1S/C19H20N4O4/c1-21-10-12-22(13-11-21)19(25)16-4-2-3-5-17(16)20-18(24)14-6-8-15(9-7-14)23(26)27/h2-9H,10-13H2,1H3,(H,20,24)/p+1. The summed E-state index contributed by atoms with van der Waals surface area (Å²) in [5.41, 5.74) is 1.06. The summed E-state index contributed by atoms with van der Waals surface area (Å²) < 4.78 is 0. The number of hydrogen-bond donors (Lipinski definition) is 2. The van der Waals surface area contributed by atoms with E-state index in [2.05, 4.69) is 12.4 Å². The minimum atomic E-state index is -0.520. The molecule has 3 rings (SSSR count). The zero-order valence-electron chi connectivity index (χ0n) is 15.0. The number of non-ortho nitro benzene ring substituents is 1. The van der Waals surface area contributed by atoms with E-state index in [-0.39, 0.29) is 17.2 Å². The number of hydrogen-bond acceptors (Lipinski definition) is 4. The van der Waals surface area contributed by atoms with Gasteiger partial charge < -0.3 is 15.1 Å². The molecule has 0 aliphatic carbocycles. The topological polar surface area (TPSA) is 97.0 Å². The summed E-state index contributed by atoms with van der Waals surface area (Å²) in [6.07, 6.45) is 0. The van der Waals surface area contributed by atoms with Crippen molar-refractivity contribution in [2.24, 2.45) is 0 Å². The fourth-order valence-corrected chi connectivity index (χ4v) is 2.97. The number of nitro groups is 1. The molecule has 1 aliphatic heterocycles. The molecule has 2 amide bonds. The predicted molar refractivity (Wildman–Crippen MR) is 100 cm³/mol. The highest BCUT2D eigenvalue weighted by Gasteiger charge is 2.24. The second-order valence-electron chi connectivity index (χ2n) is 6.55. The number of carbonyl (C=O) groups excluding carboxylic acids is 2. The fourth-order valence-electron chi connectivity index (χ4n) is 2.97. The molecule has 0 spiro atoms. The lowest BCUT2D eigenvalue weighted by Crippen LogP contribution is -3.12. The minimum absolute atomic E-state index is 0.0840. The van der Waals surface area contributed by atoms with Crippen molar-refractivity contribution in [1.82, 2.24) is 4.90 Å².